The van der Waals surface area contributed by atoms with Gasteiger partial charge >= 0.3 is 5.97 Å². The zero-order chi connectivity index (χ0) is 18.8. The molecule has 1 unspecified atom stereocenters. The highest BCUT2D eigenvalue weighted by molar-refractivity contribution is 7.80. The Morgan fingerprint density at radius 1 is 1.31 bits per heavy atom. The van der Waals surface area contributed by atoms with Crippen molar-refractivity contribution in [2.45, 2.75) is 25.9 Å². The number of carbonyl (C=O) groups excluding carboxylic acids is 2. The van der Waals surface area contributed by atoms with Gasteiger partial charge in [0.05, 0.1) is 12.7 Å². The number of carbonyl (C=O) groups is 2. The molecule has 1 aromatic carbocycles. The maximum Gasteiger partial charge on any atom is 0.330 e. The molecule has 1 atom stereocenters. The molecule has 1 amide bonds. The van der Waals surface area contributed by atoms with Gasteiger partial charge < -0.3 is 19.5 Å². The number of thiocarbonyl (C=S) groups is 1. The van der Waals surface area contributed by atoms with Gasteiger partial charge in [0.2, 0.25) is 5.91 Å². The van der Waals surface area contributed by atoms with Crippen molar-refractivity contribution in [1.29, 1.82) is 0 Å². The zero-order valence-corrected chi connectivity index (χ0v) is 15.3. The van der Waals surface area contributed by atoms with Crippen molar-refractivity contribution in [1.82, 2.24) is 5.32 Å². The molecule has 1 aliphatic heterocycles. The Kier molecular flexibility index (Phi) is 8.04. The van der Waals surface area contributed by atoms with Gasteiger partial charge in [0.25, 0.3) is 0 Å². The van der Waals surface area contributed by atoms with Crippen molar-refractivity contribution in [2.75, 3.05) is 25.1 Å². The van der Waals surface area contributed by atoms with Crippen LogP contribution in [0.5, 0.6) is 5.75 Å². The van der Waals surface area contributed by atoms with E-state index < -0.39 is 11.9 Å². The van der Waals surface area contributed by atoms with Crippen LogP contribution in [0.25, 0.3) is 0 Å². The third kappa shape index (κ3) is 7.20. The number of amides is 1. The van der Waals surface area contributed by atoms with Crippen LogP contribution in [0.4, 0.5) is 5.69 Å². The Hall–Kier alpha value is -2.45. The zero-order valence-electron chi connectivity index (χ0n) is 14.5. The second-order valence-electron chi connectivity index (χ2n) is 5.50. The average Bonchev–Trinajstić information content (AvgIpc) is 3.13. The number of benzene rings is 1. The van der Waals surface area contributed by atoms with Gasteiger partial charge in [0.1, 0.15) is 12.4 Å². The predicted octanol–water partition coefficient (Wildman–Crippen LogP) is 2.18. The Morgan fingerprint density at radius 2 is 2.08 bits per heavy atom. The molecule has 1 heterocycles. The number of hydrogen-bond donors (Lipinski definition) is 2. The van der Waals surface area contributed by atoms with Crippen LogP contribution in [0.15, 0.2) is 36.4 Å². The molecule has 1 aliphatic rings. The molecule has 7 nitrogen and oxygen atoms in total. The van der Waals surface area contributed by atoms with Crippen LogP contribution in [0.3, 0.4) is 0 Å². The summed E-state index contributed by atoms with van der Waals surface area (Å²) in [6.07, 6.45) is 4.38. The van der Waals surface area contributed by atoms with Gasteiger partial charge in [-0.25, -0.2) is 4.79 Å². The van der Waals surface area contributed by atoms with Crippen molar-refractivity contribution < 1.29 is 23.8 Å². The lowest BCUT2D eigenvalue weighted by Crippen LogP contribution is -2.32. The largest absolute Gasteiger partial charge is 0.491 e. The van der Waals surface area contributed by atoms with Gasteiger partial charge in [-0.15, -0.1) is 0 Å². The Bertz CT molecular complexity index is 654. The molecule has 140 valence electrons. The van der Waals surface area contributed by atoms with Crippen molar-refractivity contribution >= 4 is 34.9 Å². The van der Waals surface area contributed by atoms with E-state index in [1.807, 2.05) is 12.1 Å². The summed E-state index contributed by atoms with van der Waals surface area (Å²) in [5, 5.41) is 5.44. The fraction of sp³-hybridized carbons (Fsp3) is 0.389. The van der Waals surface area contributed by atoms with Crippen LogP contribution >= 0.6 is 12.2 Å². The Labute approximate surface area is 157 Å². The first-order valence-corrected chi connectivity index (χ1v) is 8.79. The summed E-state index contributed by atoms with van der Waals surface area (Å²) in [4.78, 5) is 22.8. The Morgan fingerprint density at radius 3 is 2.73 bits per heavy atom. The lowest BCUT2D eigenvalue weighted by molar-refractivity contribution is -0.137. The molecule has 0 spiro atoms. The lowest BCUT2D eigenvalue weighted by Gasteiger charge is -2.12. The molecule has 0 radical (unpaired) electrons. The SMILES string of the molecule is CCOC(=O)C=CC(=O)NC(=S)Nc1ccc(OCC2CCCO2)cc1. The normalized spacial score (nSPS) is 16.3. The van der Waals surface area contributed by atoms with Gasteiger partial charge in [-0.3, -0.25) is 10.1 Å². The molecule has 0 aliphatic carbocycles. The van der Waals surface area contributed by atoms with E-state index in [1.54, 1.807) is 19.1 Å². The van der Waals surface area contributed by atoms with Gasteiger partial charge in [-0.05, 0) is 56.2 Å². The minimum absolute atomic E-state index is 0.122. The maximum atomic E-state index is 11.7. The highest BCUT2D eigenvalue weighted by Crippen LogP contribution is 2.18. The first-order valence-electron chi connectivity index (χ1n) is 8.38. The minimum atomic E-state index is -0.583. The minimum Gasteiger partial charge on any atom is -0.491 e. The number of rotatable bonds is 7. The summed E-state index contributed by atoms with van der Waals surface area (Å²) in [6.45, 7) is 3.27. The van der Waals surface area contributed by atoms with Crippen LogP contribution < -0.4 is 15.4 Å². The second kappa shape index (κ2) is 10.5. The molecule has 0 saturated carbocycles. The van der Waals surface area contributed by atoms with Crippen LogP contribution in [0, 0.1) is 0 Å². The molecule has 8 heteroatoms. The van der Waals surface area contributed by atoms with Crippen LogP contribution in [0.1, 0.15) is 19.8 Å². The highest BCUT2D eigenvalue weighted by atomic mass is 32.1. The summed E-state index contributed by atoms with van der Waals surface area (Å²) in [5.74, 6) is -0.370. The van der Waals surface area contributed by atoms with E-state index in [-0.39, 0.29) is 17.8 Å². The summed E-state index contributed by atoms with van der Waals surface area (Å²) in [5.41, 5.74) is 0.703. The molecule has 1 saturated heterocycles. The van der Waals surface area contributed by atoms with E-state index in [1.165, 1.54) is 0 Å². The molecule has 2 N–H and O–H groups in total. The van der Waals surface area contributed by atoms with Crippen molar-refractivity contribution in [3.05, 3.63) is 36.4 Å². The van der Waals surface area contributed by atoms with E-state index in [0.29, 0.717) is 12.3 Å². The summed E-state index contributed by atoms with van der Waals surface area (Å²) in [7, 11) is 0. The first kappa shape index (κ1) is 19.9. The third-order valence-electron chi connectivity index (χ3n) is 3.47. The van der Waals surface area contributed by atoms with Gasteiger partial charge in [0.15, 0.2) is 5.11 Å². The summed E-state index contributed by atoms with van der Waals surface area (Å²) in [6, 6.07) is 7.19. The fourth-order valence-electron chi connectivity index (χ4n) is 2.25. The number of hydrogen-bond acceptors (Lipinski definition) is 6. The Balaban J connectivity index is 1.74. The highest BCUT2D eigenvalue weighted by Gasteiger charge is 2.15. The van der Waals surface area contributed by atoms with Crippen molar-refractivity contribution in [2.24, 2.45) is 0 Å². The lowest BCUT2D eigenvalue weighted by atomic mass is 10.2. The molecule has 1 fully saturated rings. The van der Waals surface area contributed by atoms with E-state index in [4.69, 9.17) is 21.7 Å². The van der Waals surface area contributed by atoms with Crippen LogP contribution in [0.2, 0.25) is 0 Å². The topological polar surface area (TPSA) is 85.9 Å². The summed E-state index contributed by atoms with van der Waals surface area (Å²) >= 11 is 5.06. The van der Waals surface area contributed by atoms with Gasteiger partial charge in [-0.2, -0.15) is 0 Å². The van der Waals surface area contributed by atoms with Crippen LogP contribution in [-0.4, -0.2) is 42.9 Å². The smallest absolute Gasteiger partial charge is 0.330 e. The predicted molar refractivity (Wildman–Crippen MR) is 101 cm³/mol. The molecule has 2 rings (SSSR count). The number of ether oxygens (including phenoxy) is 3. The van der Waals surface area contributed by atoms with E-state index in [0.717, 1.165) is 37.4 Å². The molecule has 1 aromatic rings. The second-order valence-corrected chi connectivity index (χ2v) is 5.91. The quantitative estimate of drug-likeness (QED) is 0.427. The number of nitrogens with one attached hydrogen (secondary N) is 2. The number of anilines is 1. The number of esters is 1. The maximum absolute atomic E-state index is 11.7. The molecule has 0 aromatic heterocycles. The van der Waals surface area contributed by atoms with Crippen LogP contribution in [-0.2, 0) is 19.1 Å². The van der Waals surface area contributed by atoms with Gasteiger partial charge in [0, 0.05) is 24.4 Å². The van der Waals surface area contributed by atoms with E-state index in [2.05, 4.69) is 15.4 Å². The standard InChI is InChI=1S/C18H22N2O5S/c1-2-23-17(22)10-9-16(21)20-18(26)19-13-5-7-14(8-6-13)25-12-15-4-3-11-24-15/h5-10,15H,2-4,11-12H2,1H3,(H2,19,20,21,26). The van der Waals surface area contributed by atoms with Crippen molar-refractivity contribution in [3.63, 3.8) is 0 Å². The monoisotopic (exact) mass is 378 g/mol. The van der Waals surface area contributed by atoms with Gasteiger partial charge in [-0.1, -0.05) is 0 Å². The van der Waals surface area contributed by atoms with E-state index >= 15 is 0 Å². The molecule has 26 heavy (non-hydrogen) atoms. The fourth-order valence-corrected chi connectivity index (χ4v) is 2.47. The van der Waals surface area contributed by atoms with Crippen molar-refractivity contribution in [3.8, 4) is 5.75 Å². The summed E-state index contributed by atoms with van der Waals surface area (Å²) < 4.78 is 15.9. The molecule has 0 bridgehead atoms. The molecular formula is C18H22N2O5S. The third-order valence-corrected chi connectivity index (χ3v) is 3.67. The first-order chi connectivity index (χ1) is 12.6. The average molecular weight is 378 g/mol. The van der Waals surface area contributed by atoms with E-state index in [9.17, 15) is 9.59 Å². The molecular weight excluding hydrogens is 356 g/mol.